The summed E-state index contributed by atoms with van der Waals surface area (Å²) in [6, 6.07) is 8.48. The van der Waals surface area contributed by atoms with Crippen molar-refractivity contribution in [3.63, 3.8) is 0 Å². The fourth-order valence-corrected chi connectivity index (χ4v) is 3.34. The van der Waals surface area contributed by atoms with Crippen LogP contribution >= 0.6 is 11.3 Å². The summed E-state index contributed by atoms with van der Waals surface area (Å²) in [6.45, 7) is 5.43. The maximum Gasteiger partial charge on any atom is 0.161 e. The Morgan fingerprint density at radius 3 is 2.32 bits per heavy atom. The molecule has 1 fully saturated rings. The molecule has 1 aliphatic heterocycles. The van der Waals surface area contributed by atoms with Crippen LogP contribution in [0.3, 0.4) is 0 Å². The lowest BCUT2D eigenvalue weighted by Gasteiger charge is -2.12. The number of ether oxygens (including phenoxy) is 1. The van der Waals surface area contributed by atoms with Gasteiger partial charge in [-0.1, -0.05) is 0 Å². The Morgan fingerprint density at radius 1 is 1.32 bits per heavy atom. The molecule has 25 heavy (non-hydrogen) atoms. The maximum absolute atomic E-state index is 10.7. The zero-order valence-electron chi connectivity index (χ0n) is 15.8. The molecule has 1 saturated heterocycles. The fourth-order valence-electron chi connectivity index (χ4n) is 2.45. The molecule has 6 heteroatoms. The zero-order valence-corrected chi connectivity index (χ0v) is 16.6. The van der Waals surface area contributed by atoms with Crippen LogP contribution in [0.2, 0.25) is 0 Å². The largest absolute Gasteiger partial charge is 0.497 e. The van der Waals surface area contributed by atoms with E-state index in [9.17, 15) is 4.79 Å². The van der Waals surface area contributed by atoms with Gasteiger partial charge in [0.2, 0.25) is 0 Å². The molecule has 1 unspecified atom stereocenters. The third-order valence-corrected chi connectivity index (χ3v) is 5.29. The lowest BCUT2D eigenvalue weighted by Crippen LogP contribution is -2.20. The highest BCUT2D eigenvalue weighted by Crippen LogP contribution is 2.28. The summed E-state index contributed by atoms with van der Waals surface area (Å²) in [4.78, 5) is 18.2. The van der Waals surface area contributed by atoms with Crippen LogP contribution in [0.5, 0.6) is 5.75 Å². The Hall–Kier alpha value is -1.76. The van der Waals surface area contributed by atoms with Crippen LogP contribution in [0.1, 0.15) is 35.1 Å². The molecule has 0 amide bonds. The van der Waals surface area contributed by atoms with Crippen LogP contribution in [-0.4, -0.2) is 50.0 Å². The first-order valence-corrected chi connectivity index (χ1v) is 9.21. The first-order chi connectivity index (χ1) is 12.0. The van der Waals surface area contributed by atoms with Gasteiger partial charge in [-0.3, -0.25) is 4.79 Å². The fraction of sp³-hybridized carbons (Fsp3) is 0.474. The summed E-state index contributed by atoms with van der Waals surface area (Å²) in [6.07, 6.45) is 3.65. The average Bonchev–Trinajstić information content (AvgIpc) is 3.22. The number of thiazole rings is 1. The van der Waals surface area contributed by atoms with E-state index >= 15 is 0 Å². The lowest BCUT2D eigenvalue weighted by atomic mass is 10.2. The molecule has 2 heterocycles. The second-order valence-electron chi connectivity index (χ2n) is 5.79. The molecule has 0 aliphatic carbocycles. The first kappa shape index (κ1) is 21.3. The van der Waals surface area contributed by atoms with Gasteiger partial charge in [0.05, 0.1) is 17.7 Å². The molecule has 3 rings (SSSR count). The van der Waals surface area contributed by atoms with Crippen molar-refractivity contribution < 1.29 is 9.53 Å². The topological polar surface area (TPSA) is 68.4 Å². The minimum atomic E-state index is 0.686. The summed E-state index contributed by atoms with van der Waals surface area (Å²) in [5.74, 6) is 0.813. The van der Waals surface area contributed by atoms with Crippen LogP contribution in [0.4, 0.5) is 0 Å². The van der Waals surface area contributed by atoms with Gasteiger partial charge in [-0.15, -0.1) is 11.3 Å². The highest BCUT2D eigenvalue weighted by molar-refractivity contribution is 7.16. The highest BCUT2D eigenvalue weighted by atomic mass is 32.1. The number of benzene rings is 1. The maximum atomic E-state index is 10.7. The Labute approximate surface area is 154 Å². The number of carbonyl (C=O) groups is 1. The van der Waals surface area contributed by atoms with Crippen molar-refractivity contribution >= 4 is 17.6 Å². The van der Waals surface area contributed by atoms with Gasteiger partial charge in [0, 0.05) is 11.6 Å². The molecule has 0 spiro atoms. The van der Waals surface area contributed by atoms with E-state index in [0.29, 0.717) is 4.88 Å². The lowest BCUT2D eigenvalue weighted by molar-refractivity contribution is 0.112. The molecule has 1 aromatic carbocycles. The van der Waals surface area contributed by atoms with Crippen LogP contribution in [0, 0.1) is 6.92 Å². The van der Waals surface area contributed by atoms with Crippen LogP contribution in [0.15, 0.2) is 24.3 Å². The van der Waals surface area contributed by atoms with Crippen molar-refractivity contribution in [2.24, 2.45) is 5.73 Å². The van der Waals surface area contributed by atoms with Gasteiger partial charge in [-0.25, -0.2) is 4.98 Å². The van der Waals surface area contributed by atoms with Gasteiger partial charge in [-0.2, -0.15) is 0 Å². The number of aromatic nitrogens is 1. The number of aldehydes is 1. The van der Waals surface area contributed by atoms with E-state index in [0.717, 1.165) is 34.3 Å². The SMILES string of the molecule is CC1CCCN1C.CN.COc1ccc(-c2nc(C)c(C=O)s2)cc1. The molecule has 1 aliphatic rings. The van der Waals surface area contributed by atoms with Gasteiger partial charge in [-0.05, 0) is 71.6 Å². The van der Waals surface area contributed by atoms with Crippen molar-refractivity contribution in [1.82, 2.24) is 9.88 Å². The Balaban J connectivity index is 0.000000290. The number of aryl methyl sites for hydroxylation is 1. The average molecular weight is 364 g/mol. The molecule has 2 aromatic rings. The zero-order chi connectivity index (χ0) is 18.8. The number of nitrogens with two attached hydrogens (primary N) is 1. The second-order valence-corrected chi connectivity index (χ2v) is 6.82. The molecule has 1 aromatic heterocycles. The monoisotopic (exact) mass is 363 g/mol. The molecular formula is C19H29N3O2S. The quantitative estimate of drug-likeness (QED) is 0.844. The Bertz CT molecular complexity index is 633. The van der Waals surface area contributed by atoms with Gasteiger partial charge in [0.1, 0.15) is 10.8 Å². The van der Waals surface area contributed by atoms with Crippen LogP contribution in [-0.2, 0) is 0 Å². The second kappa shape index (κ2) is 11.0. The van der Waals surface area contributed by atoms with E-state index in [1.165, 1.54) is 37.8 Å². The molecule has 2 N–H and O–H groups in total. The molecule has 0 saturated carbocycles. The smallest absolute Gasteiger partial charge is 0.161 e. The number of likely N-dealkylation sites (tertiary alicyclic amines) is 1. The molecule has 0 bridgehead atoms. The van der Waals surface area contributed by atoms with Gasteiger partial charge < -0.3 is 15.4 Å². The summed E-state index contributed by atoms with van der Waals surface area (Å²) in [5.41, 5.74) is 6.29. The number of nitrogens with zero attached hydrogens (tertiary/aromatic N) is 2. The van der Waals surface area contributed by atoms with Gasteiger partial charge in [0.25, 0.3) is 0 Å². The summed E-state index contributed by atoms with van der Waals surface area (Å²) >= 11 is 1.41. The summed E-state index contributed by atoms with van der Waals surface area (Å²) in [5, 5.41) is 0.863. The molecule has 0 radical (unpaired) electrons. The molecular weight excluding hydrogens is 334 g/mol. The summed E-state index contributed by atoms with van der Waals surface area (Å²) in [7, 11) is 5.32. The third-order valence-electron chi connectivity index (χ3n) is 4.16. The van der Waals surface area contributed by atoms with Crippen LogP contribution in [0.25, 0.3) is 10.6 Å². The van der Waals surface area contributed by atoms with Crippen molar-refractivity contribution in [3.8, 4) is 16.3 Å². The van der Waals surface area contributed by atoms with E-state index in [1.807, 2.05) is 31.2 Å². The first-order valence-electron chi connectivity index (χ1n) is 8.40. The van der Waals surface area contributed by atoms with Crippen molar-refractivity contribution in [1.29, 1.82) is 0 Å². The molecule has 138 valence electrons. The van der Waals surface area contributed by atoms with Crippen molar-refractivity contribution in [2.75, 3.05) is 27.7 Å². The Kier molecular flexibility index (Phi) is 9.34. The van der Waals surface area contributed by atoms with E-state index in [4.69, 9.17) is 4.74 Å². The van der Waals surface area contributed by atoms with E-state index in [-0.39, 0.29) is 0 Å². The molecule has 1 atom stereocenters. The molecule has 5 nitrogen and oxygen atoms in total. The standard InChI is InChI=1S/C12H11NO2S.C6H13N.CH5N/c1-8-11(7-14)16-12(13-8)9-3-5-10(15-2)6-4-9;1-6-4-3-5-7(6)2;1-2/h3-7H,1-2H3;6H,3-5H2,1-2H3;2H2,1H3. The van der Waals surface area contributed by atoms with E-state index in [1.54, 1.807) is 7.11 Å². The van der Waals surface area contributed by atoms with E-state index in [2.05, 4.69) is 29.6 Å². The highest BCUT2D eigenvalue weighted by Gasteiger charge is 2.14. The number of rotatable bonds is 3. The third kappa shape index (κ3) is 6.23. The number of methoxy groups -OCH3 is 1. The van der Waals surface area contributed by atoms with Crippen LogP contribution < -0.4 is 10.5 Å². The minimum absolute atomic E-state index is 0.686. The van der Waals surface area contributed by atoms with E-state index < -0.39 is 0 Å². The predicted molar refractivity (Wildman–Crippen MR) is 106 cm³/mol. The van der Waals surface area contributed by atoms with Crippen molar-refractivity contribution in [3.05, 3.63) is 34.8 Å². The Morgan fingerprint density at radius 2 is 1.96 bits per heavy atom. The summed E-state index contributed by atoms with van der Waals surface area (Å²) < 4.78 is 5.08. The normalized spacial score (nSPS) is 16.3. The predicted octanol–water partition coefficient (Wildman–Crippen LogP) is 3.62. The van der Waals surface area contributed by atoms with Gasteiger partial charge >= 0.3 is 0 Å². The van der Waals surface area contributed by atoms with Gasteiger partial charge in [0.15, 0.2) is 6.29 Å². The van der Waals surface area contributed by atoms with Crippen molar-refractivity contribution in [2.45, 2.75) is 32.7 Å². The number of hydrogen-bond donors (Lipinski definition) is 1. The number of carbonyl (C=O) groups excluding carboxylic acids is 1. The minimum Gasteiger partial charge on any atom is -0.497 e. The number of hydrogen-bond acceptors (Lipinski definition) is 6.